The molecule has 2 saturated heterocycles. The van der Waals surface area contributed by atoms with Gasteiger partial charge in [-0.15, -0.1) is 0 Å². The van der Waals surface area contributed by atoms with E-state index >= 15 is 0 Å². The summed E-state index contributed by atoms with van der Waals surface area (Å²) in [4.78, 5) is 31.5. The first-order valence-electron chi connectivity index (χ1n) is 9.70. The highest BCUT2D eigenvalue weighted by atomic mass is 35.5. The Kier molecular flexibility index (Phi) is 5.07. The summed E-state index contributed by atoms with van der Waals surface area (Å²) in [7, 11) is 0. The van der Waals surface area contributed by atoms with Crippen molar-refractivity contribution in [3.8, 4) is 0 Å². The Bertz CT molecular complexity index is 681. The highest BCUT2D eigenvalue weighted by Gasteiger charge is 2.40. The molecule has 5 nitrogen and oxygen atoms in total. The van der Waals surface area contributed by atoms with E-state index < -0.39 is 0 Å². The average molecular weight is 376 g/mol. The number of hydrogen-bond donors (Lipinski definition) is 0. The fourth-order valence-corrected chi connectivity index (χ4v) is 4.77. The van der Waals surface area contributed by atoms with Crippen LogP contribution in [0.25, 0.3) is 0 Å². The van der Waals surface area contributed by atoms with Gasteiger partial charge >= 0.3 is 0 Å². The number of hydrogen-bond acceptors (Lipinski definition) is 3. The smallest absolute Gasteiger partial charge is 0.228 e. The van der Waals surface area contributed by atoms with Crippen molar-refractivity contribution in [1.29, 1.82) is 0 Å². The molecule has 2 aliphatic heterocycles. The Labute approximate surface area is 159 Å². The molecular weight excluding hydrogens is 350 g/mol. The lowest BCUT2D eigenvalue weighted by molar-refractivity contribution is -0.136. The van der Waals surface area contributed by atoms with Gasteiger partial charge in [-0.05, 0) is 31.0 Å². The highest BCUT2D eigenvalue weighted by Crippen LogP contribution is 2.30. The zero-order chi connectivity index (χ0) is 18.1. The number of amides is 2. The van der Waals surface area contributed by atoms with E-state index in [1.807, 2.05) is 28.0 Å². The number of carbonyl (C=O) groups excluding carboxylic acids is 2. The van der Waals surface area contributed by atoms with E-state index in [4.69, 9.17) is 11.6 Å². The van der Waals surface area contributed by atoms with Gasteiger partial charge in [0.05, 0.1) is 5.92 Å². The summed E-state index contributed by atoms with van der Waals surface area (Å²) in [6.07, 6.45) is 5.01. The van der Waals surface area contributed by atoms with Gasteiger partial charge in [0.15, 0.2) is 0 Å². The molecule has 1 atom stereocenters. The second-order valence-electron chi connectivity index (χ2n) is 7.68. The van der Waals surface area contributed by atoms with E-state index in [9.17, 15) is 9.59 Å². The number of rotatable bonds is 3. The van der Waals surface area contributed by atoms with Crippen LogP contribution in [0.4, 0.5) is 5.69 Å². The molecule has 4 rings (SSSR count). The van der Waals surface area contributed by atoms with E-state index in [0.29, 0.717) is 32.1 Å². The molecule has 140 valence electrons. The molecule has 0 unspecified atom stereocenters. The van der Waals surface area contributed by atoms with E-state index in [-0.39, 0.29) is 17.7 Å². The first-order chi connectivity index (χ1) is 12.6. The summed E-state index contributed by atoms with van der Waals surface area (Å²) in [6, 6.07) is 8.22. The molecule has 1 aliphatic carbocycles. The topological polar surface area (TPSA) is 43.9 Å². The summed E-state index contributed by atoms with van der Waals surface area (Å²) >= 11 is 6.08. The molecule has 3 aliphatic rings. The first-order valence-corrected chi connectivity index (χ1v) is 10.1. The molecule has 2 amide bonds. The summed E-state index contributed by atoms with van der Waals surface area (Å²) < 4.78 is 0. The lowest BCUT2D eigenvalue weighted by Gasteiger charge is -2.37. The van der Waals surface area contributed by atoms with Gasteiger partial charge in [0.2, 0.25) is 11.8 Å². The fourth-order valence-electron chi connectivity index (χ4n) is 4.58. The highest BCUT2D eigenvalue weighted by molar-refractivity contribution is 6.30. The zero-order valence-electron chi connectivity index (χ0n) is 15.1. The zero-order valence-corrected chi connectivity index (χ0v) is 15.8. The standard InChI is InChI=1S/C20H26ClN3O2/c21-16-4-3-7-18(13-16)22-8-10-23(11-9-22)20(26)15-12-19(25)24(14-15)17-5-1-2-6-17/h3-4,7,13,15,17H,1-2,5-6,8-12,14H2/t15-/m1/s1. The third-order valence-electron chi connectivity index (χ3n) is 6.04. The summed E-state index contributed by atoms with van der Waals surface area (Å²) in [6.45, 7) is 3.65. The molecule has 0 bridgehead atoms. The second kappa shape index (κ2) is 7.47. The number of carbonyl (C=O) groups is 2. The summed E-state index contributed by atoms with van der Waals surface area (Å²) in [5, 5.41) is 0.734. The molecule has 26 heavy (non-hydrogen) atoms. The van der Waals surface area contributed by atoms with Crippen molar-refractivity contribution in [2.24, 2.45) is 5.92 Å². The van der Waals surface area contributed by atoms with E-state index in [0.717, 1.165) is 36.6 Å². The van der Waals surface area contributed by atoms with Crippen LogP contribution in [-0.2, 0) is 9.59 Å². The minimum absolute atomic E-state index is 0.152. The third-order valence-corrected chi connectivity index (χ3v) is 6.27. The number of piperazine rings is 1. The van der Waals surface area contributed by atoms with E-state index in [1.165, 1.54) is 12.8 Å². The third kappa shape index (κ3) is 3.54. The van der Waals surface area contributed by atoms with Crippen molar-refractivity contribution in [3.05, 3.63) is 29.3 Å². The van der Waals surface area contributed by atoms with Crippen LogP contribution in [0, 0.1) is 5.92 Å². The van der Waals surface area contributed by atoms with Gasteiger partial charge in [-0.3, -0.25) is 9.59 Å². The fraction of sp³-hybridized carbons (Fsp3) is 0.600. The van der Waals surface area contributed by atoms with Crippen LogP contribution in [0.1, 0.15) is 32.1 Å². The van der Waals surface area contributed by atoms with Crippen LogP contribution in [0.2, 0.25) is 5.02 Å². The number of benzene rings is 1. The number of anilines is 1. The molecule has 0 spiro atoms. The normalized spacial score (nSPS) is 24.6. The minimum Gasteiger partial charge on any atom is -0.368 e. The van der Waals surface area contributed by atoms with Gasteiger partial charge in [-0.1, -0.05) is 30.5 Å². The van der Waals surface area contributed by atoms with Crippen molar-refractivity contribution in [2.75, 3.05) is 37.6 Å². The molecule has 0 aromatic heterocycles. The van der Waals surface area contributed by atoms with E-state index in [1.54, 1.807) is 0 Å². The van der Waals surface area contributed by atoms with Gasteiger partial charge < -0.3 is 14.7 Å². The Morgan fingerprint density at radius 1 is 1.08 bits per heavy atom. The van der Waals surface area contributed by atoms with Crippen molar-refractivity contribution in [1.82, 2.24) is 9.80 Å². The van der Waals surface area contributed by atoms with Crippen molar-refractivity contribution in [3.63, 3.8) is 0 Å². The Balaban J connectivity index is 1.33. The summed E-state index contributed by atoms with van der Waals surface area (Å²) in [5.41, 5.74) is 1.10. The predicted octanol–water partition coefficient (Wildman–Crippen LogP) is 2.78. The van der Waals surface area contributed by atoms with E-state index in [2.05, 4.69) is 11.0 Å². The maximum absolute atomic E-state index is 12.9. The monoisotopic (exact) mass is 375 g/mol. The number of nitrogens with zero attached hydrogens (tertiary/aromatic N) is 3. The predicted molar refractivity (Wildman–Crippen MR) is 102 cm³/mol. The lowest BCUT2D eigenvalue weighted by atomic mass is 10.1. The Morgan fingerprint density at radius 3 is 2.50 bits per heavy atom. The molecule has 0 N–H and O–H groups in total. The van der Waals surface area contributed by atoms with Crippen molar-refractivity contribution < 1.29 is 9.59 Å². The van der Waals surface area contributed by atoms with Crippen molar-refractivity contribution in [2.45, 2.75) is 38.1 Å². The SMILES string of the molecule is O=C([C@@H]1CC(=O)N(C2CCCC2)C1)N1CCN(c2cccc(Cl)c2)CC1. The maximum atomic E-state index is 12.9. The van der Waals surface area contributed by atoms with Crippen LogP contribution in [0.5, 0.6) is 0 Å². The molecule has 6 heteroatoms. The van der Waals surface area contributed by atoms with Gasteiger partial charge in [-0.25, -0.2) is 0 Å². The van der Waals surface area contributed by atoms with Gasteiger partial charge in [-0.2, -0.15) is 0 Å². The van der Waals surface area contributed by atoms with Gasteiger partial charge in [0, 0.05) is 55.9 Å². The number of halogens is 1. The molecule has 3 fully saturated rings. The minimum atomic E-state index is -0.152. The van der Waals surface area contributed by atoms with Gasteiger partial charge in [0.1, 0.15) is 0 Å². The molecule has 0 radical (unpaired) electrons. The molecule has 2 heterocycles. The Hall–Kier alpha value is -1.75. The summed E-state index contributed by atoms with van der Waals surface area (Å²) in [5.74, 6) is 0.179. The average Bonchev–Trinajstić information content (AvgIpc) is 3.31. The van der Waals surface area contributed by atoms with Gasteiger partial charge in [0.25, 0.3) is 0 Å². The Morgan fingerprint density at radius 2 is 1.81 bits per heavy atom. The molecule has 1 aromatic rings. The largest absolute Gasteiger partial charge is 0.368 e. The number of likely N-dealkylation sites (tertiary alicyclic amines) is 1. The van der Waals surface area contributed by atoms with Crippen molar-refractivity contribution >= 4 is 29.1 Å². The lowest BCUT2D eigenvalue weighted by Crippen LogP contribution is -2.50. The van der Waals surface area contributed by atoms with Crippen LogP contribution in [-0.4, -0.2) is 60.4 Å². The molecular formula is C20H26ClN3O2. The van der Waals surface area contributed by atoms with Crippen LogP contribution in [0.3, 0.4) is 0 Å². The quantitative estimate of drug-likeness (QED) is 0.816. The molecule has 1 aromatic carbocycles. The van der Waals surface area contributed by atoms with Crippen LogP contribution < -0.4 is 4.90 Å². The second-order valence-corrected chi connectivity index (χ2v) is 8.11. The van der Waals surface area contributed by atoms with Crippen LogP contribution in [0.15, 0.2) is 24.3 Å². The maximum Gasteiger partial charge on any atom is 0.228 e. The van der Waals surface area contributed by atoms with Crippen LogP contribution >= 0.6 is 11.6 Å². The molecule has 1 saturated carbocycles. The first kappa shape index (κ1) is 17.7.